The van der Waals surface area contributed by atoms with Crippen LogP contribution in [0.5, 0.6) is 0 Å². The largest absolute Gasteiger partial charge is 0.126 e. The third-order valence-electron chi connectivity index (χ3n) is 5.74. The fraction of sp³-hybridized carbons (Fsp3) is 0.0909. The summed E-state index contributed by atoms with van der Waals surface area (Å²) in [6.07, 6.45) is 7.47. The fourth-order valence-corrected chi connectivity index (χ4v) is 4.84. The molecule has 5 aromatic rings. The number of rotatable bonds is 2. The monoisotopic (exact) mass is 584 g/mol. The predicted octanol–water partition coefficient (Wildman–Crippen LogP) is 2.46. The van der Waals surface area contributed by atoms with Crippen LogP contribution < -0.4 is 24.8 Å². The number of allylic oxidation sites excluding steroid dienone is 4. The molecule has 1 aliphatic carbocycles. The van der Waals surface area contributed by atoms with Gasteiger partial charge >= 0.3 is 99.2 Å². The molecule has 0 nitrogen and oxygen atoms in total. The van der Waals surface area contributed by atoms with E-state index in [1.54, 1.807) is 0 Å². The van der Waals surface area contributed by atoms with E-state index in [-0.39, 0.29) is 24.8 Å². The molecule has 0 aliphatic heterocycles. The Morgan fingerprint density at radius 2 is 1.08 bits per heavy atom. The van der Waals surface area contributed by atoms with Gasteiger partial charge in [0.05, 0.1) is 0 Å². The van der Waals surface area contributed by atoms with E-state index in [0.29, 0.717) is 5.92 Å². The van der Waals surface area contributed by atoms with Gasteiger partial charge in [0.1, 0.15) is 0 Å². The van der Waals surface area contributed by atoms with Crippen LogP contribution in [-0.4, -0.2) is 3.21 Å². The van der Waals surface area contributed by atoms with Crippen LogP contribution in [0.25, 0.3) is 21.5 Å². The van der Waals surface area contributed by atoms with E-state index < -0.39 is 0 Å². The van der Waals surface area contributed by atoms with Crippen molar-refractivity contribution in [1.29, 1.82) is 0 Å². The van der Waals surface area contributed by atoms with E-state index in [2.05, 4.69) is 147 Å². The van der Waals surface area contributed by atoms with Gasteiger partial charge in [-0.25, -0.2) is 11.6 Å². The molecule has 6 rings (SSSR count). The van der Waals surface area contributed by atoms with Gasteiger partial charge in [0.2, 0.25) is 0 Å². The number of hydrogen-bond donors (Lipinski definition) is 0. The number of fused-ring (bicyclic) bond motifs is 3. The summed E-state index contributed by atoms with van der Waals surface area (Å²) in [6, 6.07) is 40.4. The summed E-state index contributed by atoms with van der Waals surface area (Å²) in [5.41, 5.74) is 3.93. The maximum Gasteiger partial charge on any atom is -0.0771 e. The Hall–Kier alpha value is -2.44. The first kappa shape index (κ1) is 29.8. The second-order valence-corrected chi connectivity index (χ2v) is 9.63. The van der Waals surface area contributed by atoms with Crippen LogP contribution in [0, 0.1) is 12.0 Å². The van der Waals surface area contributed by atoms with Crippen molar-refractivity contribution < 1.29 is 49.0 Å². The van der Waals surface area contributed by atoms with E-state index in [0.717, 1.165) is 0 Å². The van der Waals surface area contributed by atoms with E-state index in [4.69, 9.17) is 0 Å². The average molecular weight is 587 g/mol. The SMILES string of the molecule is CC1=[C-]C(C)C=C1.[Cl-].[Cl-].[Zr+2]=[C](c1ccccc1)c1ccccc1.c1ccc2c(c1)[cH-]c1ccccc12. The normalized spacial score (nSPS) is 13.3. The summed E-state index contributed by atoms with van der Waals surface area (Å²) < 4.78 is 1.42. The molecule has 5 aromatic carbocycles. The molecule has 3 heteroatoms. The van der Waals surface area contributed by atoms with Gasteiger partial charge < -0.3 is 24.8 Å². The van der Waals surface area contributed by atoms with Crippen molar-refractivity contribution in [2.75, 3.05) is 0 Å². The minimum absolute atomic E-state index is 0. The van der Waals surface area contributed by atoms with Crippen LogP contribution in [0.3, 0.4) is 0 Å². The van der Waals surface area contributed by atoms with Gasteiger partial charge in [0.25, 0.3) is 0 Å². The summed E-state index contributed by atoms with van der Waals surface area (Å²) in [7, 11) is 0. The standard InChI is InChI=1S/C13H9.C13H10.C7H9.2ClH.Zr/c1-3-7-12-10(5-1)9-11-6-2-4-8-13(11)12;1-3-7-12(8-4-1)11-13-9-5-2-6-10-13;1-6-3-4-7(2)5-6;;;/h1-9H;1-10H;3-4,6H,1-2H3;2*1H;/q-1;;-1;;;+2/p-2. The molecule has 0 amide bonds. The van der Waals surface area contributed by atoms with Crippen molar-refractivity contribution in [3.8, 4) is 0 Å². The van der Waals surface area contributed by atoms with Gasteiger partial charge in [-0.05, 0) is 0 Å². The van der Waals surface area contributed by atoms with Crippen LogP contribution >= 0.6 is 0 Å². The van der Waals surface area contributed by atoms with Gasteiger partial charge in [0.15, 0.2) is 0 Å². The van der Waals surface area contributed by atoms with Crippen molar-refractivity contribution in [1.82, 2.24) is 0 Å². The first-order valence-corrected chi connectivity index (χ1v) is 12.9. The van der Waals surface area contributed by atoms with E-state index in [1.807, 2.05) is 0 Å². The van der Waals surface area contributed by atoms with E-state index in [9.17, 15) is 0 Å². The maximum absolute atomic E-state index is 3.22. The Bertz CT molecular complexity index is 1340. The van der Waals surface area contributed by atoms with Crippen molar-refractivity contribution in [2.45, 2.75) is 13.8 Å². The predicted molar refractivity (Wildman–Crippen MR) is 144 cm³/mol. The van der Waals surface area contributed by atoms with Crippen molar-refractivity contribution in [3.05, 3.63) is 150 Å². The Morgan fingerprint density at radius 1 is 0.667 bits per heavy atom. The van der Waals surface area contributed by atoms with Crippen LogP contribution in [0.15, 0.2) is 133 Å². The van der Waals surface area contributed by atoms with E-state index in [1.165, 1.54) is 65.7 Å². The molecule has 0 spiro atoms. The molecule has 0 saturated heterocycles. The Kier molecular flexibility index (Phi) is 12.4. The second kappa shape index (κ2) is 15.0. The third-order valence-corrected chi connectivity index (χ3v) is 7.16. The van der Waals surface area contributed by atoms with Crippen LogP contribution in [0.2, 0.25) is 0 Å². The zero-order valence-corrected chi connectivity index (χ0v) is 24.4. The Morgan fingerprint density at radius 3 is 1.44 bits per heavy atom. The topological polar surface area (TPSA) is 0 Å². The summed E-state index contributed by atoms with van der Waals surface area (Å²) in [5, 5.41) is 5.39. The molecule has 1 atom stereocenters. The molecule has 0 aromatic heterocycles. The second-order valence-electron chi connectivity index (χ2n) is 8.40. The van der Waals surface area contributed by atoms with Crippen LogP contribution in [-0.2, 0) is 24.2 Å². The van der Waals surface area contributed by atoms with Gasteiger partial charge in [0, 0.05) is 0 Å². The minimum Gasteiger partial charge on any atom is -0.126 e. The Balaban J connectivity index is 0.000000194. The van der Waals surface area contributed by atoms with E-state index >= 15 is 0 Å². The zero-order valence-electron chi connectivity index (χ0n) is 20.5. The molecule has 1 aliphatic rings. The van der Waals surface area contributed by atoms with Gasteiger partial charge in [-0.15, -0.1) is 39.7 Å². The Labute approximate surface area is 242 Å². The van der Waals surface area contributed by atoms with Crippen LogP contribution in [0.1, 0.15) is 25.0 Å². The first-order valence-electron chi connectivity index (χ1n) is 11.6. The molecule has 0 N–H and O–H groups in total. The molecular weight excluding hydrogens is 558 g/mol. The maximum atomic E-state index is 3.22. The number of benzene rings is 4. The van der Waals surface area contributed by atoms with Gasteiger partial charge in [-0.2, -0.15) is 6.08 Å². The molecule has 0 fully saturated rings. The first-order chi connectivity index (χ1) is 16.6. The average Bonchev–Trinajstić information content (AvgIpc) is 3.47. The summed E-state index contributed by atoms with van der Waals surface area (Å²) in [5.74, 6) is 0.556. The summed E-state index contributed by atoms with van der Waals surface area (Å²) in [4.78, 5) is 0. The fourth-order valence-electron chi connectivity index (χ4n) is 4.02. The minimum atomic E-state index is 0. The van der Waals surface area contributed by atoms with Crippen molar-refractivity contribution >= 4 is 24.8 Å². The molecule has 0 bridgehead atoms. The number of halogens is 2. The van der Waals surface area contributed by atoms with Gasteiger partial charge in [-0.1, -0.05) is 56.2 Å². The third kappa shape index (κ3) is 8.04. The van der Waals surface area contributed by atoms with Crippen LogP contribution in [0.4, 0.5) is 0 Å². The zero-order chi connectivity index (χ0) is 23.8. The van der Waals surface area contributed by atoms with Crippen molar-refractivity contribution in [2.24, 2.45) is 5.92 Å². The molecule has 1 unspecified atom stereocenters. The molecular formula is C33H28Cl2Zr-2. The molecule has 0 heterocycles. The number of hydrogen-bond acceptors (Lipinski definition) is 0. The summed E-state index contributed by atoms with van der Waals surface area (Å²) in [6.45, 7) is 4.20. The smallest absolute Gasteiger partial charge is 0.0771 e. The summed E-state index contributed by atoms with van der Waals surface area (Å²) >= 11 is 1.46. The molecule has 180 valence electrons. The molecule has 0 saturated carbocycles. The van der Waals surface area contributed by atoms with Crippen molar-refractivity contribution in [3.63, 3.8) is 0 Å². The quantitative estimate of drug-likeness (QED) is 0.279. The molecule has 36 heavy (non-hydrogen) atoms. The van der Waals surface area contributed by atoms with Gasteiger partial charge in [-0.3, -0.25) is 6.08 Å². The molecule has 0 radical (unpaired) electrons.